The maximum absolute atomic E-state index is 5.69. The number of nitrogens with zero attached hydrogens (tertiary/aromatic N) is 1. The van der Waals surface area contributed by atoms with Crippen LogP contribution in [0.5, 0.6) is 0 Å². The van der Waals surface area contributed by atoms with E-state index in [1.54, 1.807) is 0 Å². The molecule has 0 spiro atoms. The van der Waals surface area contributed by atoms with Crippen LogP contribution in [0.25, 0.3) is 0 Å². The van der Waals surface area contributed by atoms with E-state index < -0.39 is 0 Å². The van der Waals surface area contributed by atoms with Crippen molar-refractivity contribution in [3.8, 4) is 0 Å². The standard InChI is InChI=1S/C13H26N2O/c1-11-8-16-12(2)7-15(11)10-13(3)5-4-6-14-9-13/h11-12,14H,4-10H2,1-3H3. The molecule has 2 heterocycles. The van der Waals surface area contributed by atoms with Gasteiger partial charge in [-0.1, -0.05) is 6.92 Å². The van der Waals surface area contributed by atoms with Gasteiger partial charge in [-0.05, 0) is 38.6 Å². The summed E-state index contributed by atoms with van der Waals surface area (Å²) in [7, 11) is 0. The number of rotatable bonds is 2. The first-order valence-electron chi connectivity index (χ1n) is 6.65. The molecule has 3 heteroatoms. The van der Waals surface area contributed by atoms with Crippen molar-refractivity contribution < 1.29 is 4.74 Å². The van der Waals surface area contributed by atoms with Crippen LogP contribution in [-0.4, -0.2) is 49.8 Å². The fourth-order valence-electron chi connectivity index (χ4n) is 2.94. The molecule has 2 aliphatic rings. The lowest BCUT2D eigenvalue weighted by molar-refractivity contribution is -0.0634. The summed E-state index contributed by atoms with van der Waals surface area (Å²) >= 11 is 0. The van der Waals surface area contributed by atoms with Gasteiger partial charge in [0.2, 0.25) is 0 Å². The zero-order valence-electron chi connectivity index (χ0n) is 11.0. The monoisotopic (exact) mass is 226 g/mol. The van der Waals surface area contributed by atoms with Gasteiger partial charge in [-0.15, -0.1) is 0 Å². The second kappa shape index (κ2) is 5.03. The predicted molar refractivity (Wildman–Crippen MR) is 66.7 cm³/mol. The Balaban J connectivity index is 1.91. The first-order valence-corrected chi connectivity index (χ1v) is 6.65. The van der Waals surface area contributed by atoms with Crippen molar-refractivity contribution in [1.29, 1.82) is 0 Å². The van der Waals surface area contributed by atoms with Gasteiger partial charge in [-0.2, -0.15) is 0 Å². The minimum absolute atomic E-state index is 0.399. The van der Waals surface area contributed by atoms with E-state index in [0.29, 0.717) is 17.6 Å². The molecule has 0 amide bonds. The Morgan fingerprint density at radius 1 is 1.44 bits per heavy atom. The summed E-state index contributed by atoms with van der Waals surface area (Å²) in [6, 6.07) is 0.579. The molecule has 16 heavy (non-hydrogen) atoms. The molecule has 3 atom stereocenters. The van der Waals surface area contributed by atoms with Gasteiger partial charge >= 0.3 is 0 Å². The van der Waals surface area contributed by atoms with Crippen molar-refractivity contribution in [1.82, 2.24) is 10.2 Å². The Bertz CT molecular complexity index is 226. The number of nitrogens with one attached hydrogen (secondary N) is 1. The van der Waals surface area contributed by atoms with Gasteiger partial charge < -0.3 is 10.1 Å². The van der Waals surface area contributed by atoms with E-state index in [4.69, 9.17) is 4.74 Å². The van der Waals surface area contributed by atoms with Gasteiger partial charge in [0.25, 0.3) is 0 Å². The zero-order chi connectivity index (χ0) is 11.6. The van der Waals surface area contributed by atoms with Gasteiger partial charge in [-0.3, -0.25) is 4.90 Å². The summed E-state index contributed by atoms with van der Waals surface area (Å²) in [6.07, 6.45) is 3.08. The van der Waals surface area contributed by atoms with Crippen LogP contribution in [0.4, 0.5) is 0 Å². The summed E-state index contributed by atoms with van der Waals surface area (Å²) in [5.74, 6) is 0. The largest absolute Gasteiger partial charge is 0.376 e. The van der Waals surface area contributed by atoms with Crippen molar-refractivity contribution in [3.63, 3.8) is 0 Å². The highest BCUT2D eigenvalue weighted by atomic mass is 16.5. The Kier molecular flexibility index (Phi) is 3.88. The molecule has 0 aliphatic carbocycles. The summed E-state index contributed by atoms with van der Waals surface area (Å²) in [4.78, 5) is 2.61. The van der Waals surface area contributed by atoms with Crippen LogP contribution in [0, 0.1) is 5.41 Å². The van der Waals surface area contributed by atoms with Crippen LogP contribution >= 0.6 is 0 Å². The average Bonchev–Trinajstić information content (AvgIpc) is 2.24. The lowest BCUT2D eigenvalue weighted by Crippen LogP contribution is -2.53. The zero-order valence-corrected chi connectivity index (χ0v) is 11.0. The van der Waals surface area contributed by atoms with Crippen LogP contribution in [0.15, 0.2) is 0 Å². The van der Waals surface area contributed by atoms with Crippen molar-refractivity contribution >= 4 is 0 Å². The van der Waals surface area contributed by atoms with E-state index in [0.717, 1.165) is 13.2 Å². The number of ether oxygens (including phenoxy) is 1. The molecule has 0 aromatic rings. The van der Waals surface area contributed by atoms with Crippen molar-refractivity contribution in [3.05, 3.63) is 0 Å². The molecule has 0 saturated carbocycles. The molecule has 0 bridgehead atoms. The summed E-state index contributed by atoms with van der Waals surface area (Å²) < 4.78 is 5.69. The van der Waals surface area contributed by atoms with Crippen molar-refractivity contribution in [2.24, 2.45) is 5.41 Å². The molecule has 2 aliphatic heterocycles. The van der Waals surface area contributed by atoms with Crippen LogP contribution < -0.4 is 5.32 Å². The Hall–Kier alpha value is -0.120. The Morgan fingerprint density at radius 2 is 2.25 bits per heavy atom. The van der Waals surface area contributed by atoms with Crippen LogP contribution in [0.1, 0.15) is 33.6 Å². The topological polar surface area (TPSA) is 24.5 Å². The number of morpholine rings is 1. The summed E-state index contributed by atoms with van der Waals surface area (Å²) in [5.41, 5.74) is 0.462. The third kappa shape index (κ3) is 2.96. The van der Waals surface area contributed by atoms with Crippen molar-refractivity contribution in [2.45, 2.75) is 45.8 Å². The fraction of sp³-hybridized carbons (Fsp3) is 1.00. The SMILES string of the molecule is CC1CN(CC2(C)CCCNC2)C(C)CO1. The number of hydrogen-bond acceptors (Lipinski definition) is 3. The number of piperidine rings is 1. The highest BCUT2D eigenvalue weighted by molar-refractivity contribution is 4.87. The van der Waals surface area contributed by atoms with Gasteiger partial charge in [0.05, 0.1) is 12.7 Å². The molecule has 1 N–H and O–H groups in total. The van der Waals surface area contributed by atoms with Gasteiger partial charge in [0, 0.05) is 25.7 Å². The first-order chi connectivity index (χ1) is 7.59. The average molecular weight is 226 g/mol. The normalized spacial score (nSPS) is 42.2. The molecule has 3 nitrogen and oxygen atoms in total. The smallest absolute Gasteiger partial charge is 0.0674 e. The summed E-state index contributed by atoms with van der Waals surface area (Å²) in [6.45, 7) is 12.5. The Morgan fingerprint density at radius 3 is 2.94 bits per heavy atom. The molecule has 2 rings (SSSR count). The minimum Gasteiger partial charge on any atom is -0.376 e. The third-order valence-corrected chi connectivity index (χ3v) is 4.01. The minimum atomic E-state index is 0.399. The molecule has 2 saturated heterocycles. The highest BCUT2D eigenvalue weighted by Crippen LogP contribution is 2.28. The van der Waals surface area contributed by atoms with Gasteiger partial charge in [-0.25, -0.2) is 0 Å². The maximum Gasteiger partial charge on any atom is 0.0674 e. The van der Waals surface area contributed by atoms with Gasteiger partial charge in [0.15, 0.2) is 0 Å². The molecule has 0 radical (unpaired) electrons. The van der Waals surface area contributed by atoms with E-state index in [9.17, 15) is 0 Å². The fourth-order valence-corrected chi connectivity index (χ4v) is 2.94. The van der Waals surface area contributed by atoms with E-state index in [2.05, 4.69) is 31.0 Å². The molecule has 0 aromatic carbocycles. The molecule has 3 unspecified atom stereocenters. The third-order valence-electron chi connectivity index (χ3n) is 4.01. The second-order valence-corrected chi connectivity index (χ2v) is 6.01. The van der Waals surface area contributed by atoms with E-state index in [1.807, 2.05) is 0 Å². The molecule has 2 fully saturated rings. The molecule has 94 valence electrons. The van der Waals surface area contributed by atoms with Crippen LogP contribution in [0.3, 0.4) is 0 Å². The number of hydrogen-bond donors (Lipinski definition) is 1. The van der Waals surface area contributed by atoms with E-state index in [-0.39, 0.29) is 0 Å². The molecular weight excluding hydrogens is 200 g/mol. The Labute approximate surface area is 99.5 Å². The van der Waals surface area contributed by atoms with Crippen LogP contribution in [-0.2, 0) is 4.74 Å². The van der Waals surface area contributed by atoms with Gasteiger partial charge in [0.1, 0.15) is 0 Å². The first kappa shape index (κ1) is 12.3. The maximum atomic E-state index is 5.69. The predicted octanol–water partition coefficient (Wildman–Crippen LogP) is 1.49. The van der Waals surface area contributed by atoms with E-state index >= 15 is 0 Å². The van der Waals surface area contributed by atoms with Crippen molar-refractivity contribution in [2.75, 3.05) is 32.8 Å². The highest BCUT2D eigenvalue weighted by Gasteiger charge is 2.33. The lowest BCUT2D eigenvalue weighted by Gasteiger charge is -2.44. The lowest BCUT2D eigenvalue weighted by atomic mass is 9.82. The van der Waals surface area contributed by atoms with E-state index in [1.165, 1.54) is 32.5 Å². The molecule has 0 aromatic heterocycles. The van der Waals surface area contributed by atoms with Crippen LogP contribution in [0.2, 0.25) is 0 Å². The second-order valence-electron chi connectivity index (χ2n) is 6.01. The summed E-state index contributed by atoms with van der Waals surface area (Å²) in [5, 5.41) is 3.53. The molecular formula is C13H26N2O. The quantitative estimate of drug-likeness (QED) is 0.772.